The average Bonchev–Trinajstić information content (AvgIpc) is 2.98. The standard InChI is InChI=1S/C17H25NO2/c1-12(2)8-13-4-3-5-14(9-13)10-16(17(19)20)15-6-7-18-11-15/h3-5,9,12,15-16,18H,6-8,10-11H2,1-2H3,(H,19,20)/i8D2. The molecule has 2 atom stereocenters. The van der Waals surface area contributed by atoms with Gasteiger partial charge in [-0.1, -0.05) is 38.1 Å². The summed E-state index contributed by atoms with van der Waals surface area (Å²) in [5.74, 6) is -1.14. The van der Waals surface area contributed by atoms with Gasteiger partial charge in [0.05, 0.1) is 5.92 Å². The molecular formula is C17H25NO2. The van der Waals surface area contributed by atoms with Crippen LogP contribution in [-0.4, -0.2) is 24.2 Å². The SMILES string of the molecule is [2H]C([2H])(c1cccc(CC(C(=O)O)C2CCNC2)c1)C(C)C. The maximum absolute atomic E-state index is 11.6. The van der Waals surface area contributed by atoms with Gasteiger partial charge in [-0.2, -0.15) is 0 Å². The summed E-state index contributed by atoms with van der Waals surface area (Å²) in [5.41, 5.74) is 1.54. The number of aliphatic carboxylic acids is 1. The summed E-state index contributed by atoms with van der Waals surface area (Å²) in [4.78, 5) is 11.6. The van der Waals surface area contributed by atoms with Crippen molar-refractivity contribution in [3.8, 4) is 0 Å². The van der Waals surface area contributed by atoms with Gasteiger partial charge in [0, 0.05) is 2.74 Å². The van der Waals surface area contributed by atoms with E-state index in [1.165, 1.54) is 0 Å². The Labute approximate surface area is 124 Å². The maximum Gasteiger partial charge on any atom is 0.307 e. The largest absolute Gasteiger partial charge is 0.481 e. The number of carboxylic acids is 1. The molecule has 1 saturated heterocycles. The van der Waals surface area contributed by atoms with Crippen LogP contribution in [0.2, 0.25) is 0 Å². The molecule has 1 aromatic carbocycles. The van der Waals surface area contributed by atoms with Crippen LogP contribution in [0.5, 0.6) is 0 Å². The molecule has 0 spiro atoms. The number of carboxylic acid groups (broad SMARTS) is 1. The number of rotatable bonds is 6. The van der Waals surface area contributed by atoms with Crippen molar-refractivity contribution in [1.82, 2.24) is 5.32 Å². The van der Waals surface area contributed by atoms with E-state index < -0.39 is 18.3 Å². The van der Waals surface area contributed by atoms with Crippen LogP contribution >= 0.6 is 0 Å². The van der Waals surface area contributed by atoms with E-state index >= 15 is 0 Å². The number of hydrogen-bond donors (Lipinski definition) is 2. The van der Waals surface area contributed by atoms with Crippen LogP contribution in [0, 0.1) is 17.8 Å². The predicted octanol–water partition coefficient (Wildman–Crippen LogP) is 2.74. The van der Waals surface area contributed by atoms with E-state index in [2.05, 4.69) is 5.32 Å². The second kappa shape index (κ2) is 6.89. The maximum atomic E-state index is 11.6. The summed E-state index contributed by atoms with van der Waals surface area (Å²) in [7, 11) is 0. The molecule has 1 fully saturated rings. The highest BCUT2D eigenvalue weighted by atomic mass is 16.4. The summed E-state index contributed by atoms with van der Waals surface area (Å²) in [6.07, 6.45) is -0.0448. The van der Waals surface area contributed by atoms with Crippen LogP contribution in [0.3, 0.4) is 0 Å². The summed E-state index contributed by atoms with van der Waals surface area (Å²) in [6.45, 7) is 5.35. The second-order valence-corrected chi connectivity index (χ2v) is 5.90. The molecule has 2 rings (SSSR count). The van der Waals surface area contributed by atoms with Crippen molar-refractivity contribution in [1.29, 1.82) is 0 Å². The zero-order valence-electron chi connectivity index (χ0n) is 14.2. The van der Waals surface area contributed by atoms with Crippen molar-refractivity contribution < 1.29 is 12.6 Å². The Bertz CT molecular complexity index is 525. The molecule has 0 amide bonds. The molecule has 3 heteroatoms. The minimum absolute atomic E-state index is 0.128. The number of hydrogen-bond acceptors (Lipinski definition) is 2. The fourth-order valence-electron chi connectivity index (χ4n) is 2.85. The molecule has 0 saturated carbocycles. The lowest BCUT2D eigenvalue weighted by molar-refractivity contribution is -0.143. The predicted molar refractivity (Wildman–Crippen MR) is 80.8 cm³/mol. The van der Waals surface area contributed by atoms with Crippen LogP contribution in [0.15, 0.2) is 24.3 Å². The van der Waals surface area contributed by atoms with Crippen molar-refractivity contribution in [2.24, 2.45) is 17.8 Å². The van der Waals surface area contributed by atoms with Crippen LogP contribution in [0.1, 0.15) is 34.1 Å². The van der Waals surface area contributed by atoms with Gasteiger partial charge in [0.25, 0.3) is 0 Å². The van der Waals surface area contributed by atoms with Crippen molar-refractivity contribution in [3.05, 3.63) is 35.4 Å². The van der Waals surface area contributed by atoms with Gasteiger partial charge in [-0.25, -0.2) is 0 Å². The molecule has 0 radical (unpaired) electrons. The van der Waals surface area contributed by atoms with Crippen LogP contribution < -0.4 is 5.32 Å². The third-order valence-corrected chi connectivity index (χ3v) is 3.82. The third-order valence-electron chi connectivity index (χ3n) is 3.82. The number of benzene rings is 1. The van der Waals surface area contributed by atoms with Gasteiger partial charge >= 0.3 is 5.97 Å². The first-order chi connectivity index (χ1) is 10.3. The Morgan fingerprint density at radius 1 is 1.50 bits per heavy atom. The molecule has 0 bridgehead atoms. The number of nitrogens with one attached hydrogen (secondary N) is 1. The third kappa shape index (κ3) is 4.07. The average molecular weight is 277 g/mol. The summed E-state index contributed by atoms with van der Waals surface area (Å²) < 4.78 is 16.4. The molecule has 1 aliphatic rings. The van der Waals surface area contributed by atoms with E-state index in [0.717, 1.165) is 25.1 Å². The summed E-state index contributed by atoms with van der Waals surface area (Å²) in [6, 6.07) is 7.35. The van der Waals surface area contributed by atoms with E-state index in [1.807, 2.05) is 32.0 Å². The first-order valence-corrected chi connectivity index (χ1v) is 7.35. The van der Waals surface area contributed by atoms with E-state index in [4.69, 9.17) is 2.74 Å². The van der Waals surface area contributed by atoms with Gasteiger partial charge in [0.2, 0.25) is 0 Å². The molecule has 0 aromatic heterocycles. The smallest absolute Gasteiger partial charge is 0.307 e. The van der Waals surface area contributed by atoms with Gasteiger partial charge in [0.15, 0.2) is 0 Å². The van der Waals surface area contributed by atoms with E-state index in [9.17, 15) is 9.90 Å². The number of carbonyl (C=O) groups is 1. The van der Waals surface area contributed by atoms with Crippen molar-refractivity contribution in [2.75, 3.05) is 13.1 Å². The molecule has 2 unspecified atom stereocenters. The molecule has 1 heterocycles. The van der Waals surface area contributed by atoms with Crippen LogP contribution in [0.4, 0.5) is 0 Å². The highest BCUT2D eigenvalue weighted by Gasteiger charge is 2.30. The lowest BCUT2D eigenvalue weighted by Crippen LogP contribution is -2.27. The van der Waals surface area contributed by atoms with Gasteiger partial charge in [-0.05, 0) is 55.3 Å². The molecule has 1 aliphatic heterocycles. The molecule has 1 aromatic rings. The van der Waals surface area contributed by atoms with E-state index in [1.54, 1.807) is 6.07 Å². The van der Waals surface area contributed by atoms with Crippen molar-refractivity contribution in [2.45, 2.75) is 33.1 Å². The van der Waals surface area contributed by atoms with Crippen LogP contribution in [0.25, 0.3) is 0 Å². The molecular weight excluding hydrogens is 250 g/mol. The zero-order chi connectivity index (χ0) is 16.3. The van der Waals surface area contributed by atoms with Crippen molar-refractivity contribution in [3.63, 3.8) is 0 Å². The monoisotopic (exact) mass is 277 g/mol. The Morgan fingerprint density at radius 2 is 2.25 bits per heavy atom. The zero-order valence-corrected chi connectivity index (χ0v) is 12.2. The highest BCUT2D eigenvalue weighted by molar-refractivity contribution is 5.71. The fourth-order valence-corrected chi connectivity index (χ4v) is 2.85. The minimum Gasteiger partial charge on any atom is -0.481 e. The first kappa shape index (κ1) is 12.4. The Balaban J connectivity index is 2.20. The first-order valence-electron chi connectivity index (χ1n) is 8.35. The lowest BCUT2D eigenvalue weighted by atomic mass is 9.85. The Kier molecular flexibility index (Phi) is 4.27. The quantitative estimate of drug-likeness (QED) is 0.840. The summed E-state index contributed by atoms with van der Waals surface area (Å²) >= 11 is 0. The van der Waals surface area contributed by atoms with Gasteiger partial charge in [-0.3, -0.25) is 4.79 Å². The molecule has 2 N–H and O–H groups in total. The molecule has 3 nitrogen and oxygen atoms in total. The Hall–Kier alpha value is -1.35. The fraction of sp³-hybridized carbons (Fsp3) is 0.588. The van der Waals surface area contributed by atoms with Gasteiger partial charge in [-0.15, -0.1) is 0 Å². The van der Waals surface area contributed by atoms with E-state index in [0.29, 0.717) is 12.0 Å². The molecule has 20 heavy (non-hydrogen) atoms. The molecule has 0 aliphatic carbocycles. The highest BCUT2D eigenvalue weighted by Crippen LogP contribution is 2.24. The molecule has 110 valence electrons. The van der Waals surface area contributed by atoms with Gasteiger partial charge < -0.3 is 10.4 Å². The normalized spacial score (nSPS) is 22.4. The lowest BCUT2D eigenvalue weighted by Gasteiger charge is -2.19. The second-order valence-electron chi connectivity index (χ2n) is 5.90. The minimum atomic E-state index is -1.40. The topological polar surface area (TPSA) is 49.3 Å². The van der Waals surface area contributed by atoms with Crippen LogP contribution in [-0.2, 0) is 17.6 Å². The Morgan fingerprint density at radius 3 is 2.85 bits per heavy atom. The van der Waals surface area contributed by atoms with E-state index in [-0.39, 0.29) is 11.8 Å². The summed E-state index contributed by atoms with van der Waals surface area (Å²) in [5, 5.41) is 12.7. The van der Waals surface area contributed by atoms with Crippen molar-refractivity contribution >= 4 is 5.97 Å². The van der Waals surface area contributed by atoms with Gasteiger partial charge in [0.1, 0.15) is 0 Å².